The fraction of sp³-hybridized carbons (Fsp3) is 0.667. The van der Waals surface area contributed by atoms with E-state index in [0.717, 1.165) is 24.5 Å². The predicted molar refractivity (Wildman–Crippen MR) is 92.5 cm³/mol. The third-order valence-electron chi connectivity index (χ3n) is 5.16. The van der Waals surface area contributed by atoms with Crippen LogP contribution < -0.4 is 5.32 Å². The smallest absolute Gasteiger partial charge is 0.0230 e. The molecular weight excluding hydrogens is 324 g/mol. The van der Waals surface area contributed by atoms with Gasteiger partial charge in [-0.25, -0.2) is 0 Å². The van der Waals surface area contributed by atoms with Crippen LogP contribution in [0.2, 0.25) is 0 Å². The molecule has 1 N–H and O–H groups in total. The molecule has 0 radical (unpaired) electrons. The summed E-state index contributed by atoms with van der Waals surface area (Å²) in [7, 11) is 2.26. The molecule has 2 atom stereocenters. The highest BCUT2D eigenvalue weighted by Gasteiger charge is 2.33. The van der Waals surface area contributed by atoms with Gasteiger partial charge >= 0.3 is 0 Å². The number of hydrogen-bond acceptors (Lipinski definition) is 2. The van der Waals surface area contributed by atoms with Gasteiger partial charge in [-0.2, -0.15) is 0 Å². The lowest BCUT2D eigenvalue weighted by atomic mass is 9.89. The van der Waals surface area contributed by atoms with Crippen LogP contribution in [0.1, 0.15) is 43.2 Å². The van der Waals surface area contributed by atoms with Gasteiger partial charge in [-0.15, -0.1) is 0 Å². The maximum absolute atomic E-state index is 3.74. The second-order valence-electron chi connectivity index (χ2n) is 7.09. The second kappa shape index (κ2) is 6.80. The Kier molecular flexibility index (Phi) is 5.03. The highest BCUT2D eigenvalue weighted by molar-refractivity contribution is 9.10. The topological polar surface area (TPSA) is 15.3 Å². The predicted octanol–water partition coefficient (Wildman–Crippen LogP) is 4.11. The largest absolute Gasteiger partial charge is 0.311 e. The summed E-state index contributed by atoms with van der Waals surface area (Å²) >= 11 is 3.58. The summed E-state index contributed by atoms with van der Waals surface area (Å²) in [6.07, 6.45) is 6.99. The molecule has 0 amide bonds. The van der Waals surface area contributed by atoms with Crippen LogP contribution in [0.4, 0.5) is 0 Å². The van der Waals surface area contributed by atoms with Crippen LogP contribution in [0.3, 0.4) is 0 Å². The van der Waals surface area contributed by atoms with Crippen molar-refractivity contribution in [3.63, 3.8) is 0 Å². The third kappa shape index (κ3) is 4.08. The normalized spacial score (nSPS) is 28.3. The van der Waals surface area contributed by atoms with Crippen molar-refractivity contribution in [1.29, 1.82) is 0 Å². The van der Waals surface area contributed by atoms with E-state index in [1.54, 1.807) is 0 Å². The maximum atomic E-state index is 3.74. The molecule has 3 rings (SSSR count). The number of benzene rings is 1. The number of halogens is 1. The Balaban J connectivity index is 1.45. The van der Waals surface area contributed by atoms with Crippen LogP contribution in [0.15, 0.2) is 22.7 Å². The number of hydrogen-bond donors (Lipinski definition) is 1. The summed E-state index contributed by atoms with van der Waals surface area (Å²) in [6, 6.07) is 8.36. The first-order valence-corrected chi connectivity index (χ1v) is 9.09. The zero-order valence-corrected chi connectivity index (χ0v) is 14.8. The Morgan fingerprint density at radius 2 is 1.95 bits per heavy atom. The Bertz CT molecular complexity index is 476. The van der Waals surface area contributed by atoms with E-state index in [9.17, 15) is 0 Å². The molecule has 2 bridgehead atoms. The minimum absolute atomic E-state index is 0.827. The Morgan fingerprint density at radius 3 is 2.62 bits per heavy atom. The van der Waals surface area contributed by atoms with Crippen LogP contribution in [-0.4, -0.2) is 30.6 Å². The lowest BCUT2D eigenvalue weighted by Crippen LogP contribution is -2.38. The molecule has 1 aromatic carbocycles. The monoisotopic (exact) mass is 350 g/mol. The van der Waals surface area contributed by atoms with E-state index >= 15 is 0 Å². The van der Waals surface area contributed by atoms with Gasteiger partial charge in [0.2, 0.25) is 0 Å². The number of aryl methyl sites for hydroxylation is 1. The molecule has 2 aliphatic rings. The van der Waals surface area contributed by atoms with Gasteiger partial charge < -0.3 is 10.2 Å². The average molecular weight is 351 g/mol. The molecule has 0 saturated carbocycles. The van der Waals surface area contributed by atoms with Crippen molar-refractivity contribution in [3.8, 4) is 0 Å². The Labute approximate surface area is 137 Å². The van der Waals surface area contributed by atoms with E-state index in [2.05, 4.69) is 58.3 Å². The summed E-state index contributed by atoms with van der Waals surface area (Å²) < 4.78 is 1.21. The van der Waals surface area contributed by atoms with Crippen molar-refractivity contribution in [2.75, 3.05) is 13.6 Å². The van der Waals surface area contributed by atoms with Crippen molar-refractivity contribution in [2.45, 2.75) is 57.7 Å². The van der Waals surface area contributed by atoms with E-state index in [4.69, 9.17) is 0 Å². The van der Waals surface area contributed by atoms with E-state index in [-0.39, 0.29) is 0 Å². The number of fused-ring (bicyclic) bond motifs is 2. The standard InChI is InChI=1S/C18H27BrN2/c1-13-9-15(3-6-18(13)19)12-21(2)8-7-14-10-16-4-5-17(11-14)20-16/h3,6,9,14,16-17,20H,4-5,7-8,10-12H2,1-2H3. The molecule has 0 aromatic heterocycles. The molecule has 2 saturated heterocycles. The molecule has 3 heteroatoms. The average Bonchev–Trinajstić information content (AvgIpc) is 2.80. The molecule has 1 aromatic rings. The molecule has 116 valence electrons. The van der Waals surface area contributed by atoms with Gasteiger partial charge in [-0.05, 0) is 75.7 Å². The van der Waals surface area contributed by atoms with Gasteiger partial charge in [-0.3, -0.25) is 0 Å². The van der Waals surface area contributed by atoms with Crippen molar-refractivity contribution < 1.29 is 0 Å². The highest BCUT2D eigenvalue weighted by Crippen LogP contribution is 2.32. The van der Waals surface area contributed by atoms with Crippen molar-refractivity contribution >= 4 is 15.9 Å². The van der Waals surface area contributed by atoms with Crippen LogP contribution in [0, 0.1) is 12.8 Å². The van der Waals surface area contributed by atoms with Gasteiger partial charge in [0, 0.05) is 23.1 Å². The van der Waals surface area contributed by atoms with E-state index < -0.39 is 0 Å². The molecule has 21 heavy (non-hydrogen) atoms. The zero-order chi connectivity index (χ0) is 14.8. The van der Waals surface area contributed by atoms with Crippen molar-refractivity contribution in [1.82, 2.24) is 10.2 Å². The molecule has 2 unspecified atom stereocenters. The van der Waals surface area contributed by atoms with Crippen LogP contribution >= 0.6 is 15.9 Å². The van der Waals surface area contributed by atoms with Crippen LogP contribution in [-0.2, 0) is 6.54 Å². The Morgan fingerprint density at radius 1 is 1.24 bits per heavy atom. The SMILES string of the molecule is Cc1cc(CN(C)CCC2CC3CCC(C2)N3)ccc1Br. The van der Waals surface area contributed by atoms with E-state index in [1.165, 1.54) is 54.2 Å². The first-order valence-electron chi connectivity index (χ1n) is 8.30. The highest BCUT2D eigenvalue weighted by atomic mass is 79.9. The van der Waals surface area contributed by atoms with Crippen molar-refractivity contribution in [3.05, 3.63) is 33.8 Å². The molecule has 0 aliphatic carbocycles. The minimum Gasteiger partial charge on any atom is -0.311 e. The van der Waals surface area contributed by atoms with E-state index in [0.29, 0.717) is 0 Å². The summed E-state index contributed by atoms with van der Waals surface area (Å²) in [6.45, 7) is 4.45. The number of piperidine rings is 1. The number of nitrogens with one attached hydrogen (secondary N) is 1. The lowest BCUT2D eigenvalue weighted by Gasteiger charge is -2.30. The third-order valence-corrected chi connectivity index (χ3v) is 6.05. The minimum atomic E-state index is 0.827. The quantitative estimate of drug-likeness (QED) is 0.859. The first kappa shape index (κ1) is 15.5. The molecule has 2 aliphatic heterocycles. The number of rotatable bonds is 5. The van der Waals surface area contributed by atoms with Crippen molar-refractivity contribution in [2.24, 2.45) is 5.92 Å². The number of nitrogens with zero attached hydrogens (tertiary/aromatic N) is 1. The maximum Gasteiger partial charge on any atom is 0.0230 e. The zero-order valence-electron chi connectivity index (χ0n) is 13.2. The van der Waals surface area contributed by atoms with Gasteiger partial charge in [0.05, 0.1) is 0 Å². The molecular formula is C18H27BrN2. The van der Waals surface area contributed by atoms with Gasteiger partial charge in [0.15, 0.2) is 0 Å². The second-order valence-corrected chi connectivity index (χ2v) is 7.94. The van der Waals surface area contributed by atoms with Crippen LogP contribution in [0.5, 0.6) is 0 Å². The van der Waals surface area contributed by atoms with Gasteiger partial charge in [0.1, 0.15) is 0 Å². The summed E-state index contributed by atoms with van der Waals surface area (Å²) in [4.78, 5) is 2.48. The summed E-state index contributed by atoms with van der Waals surface area (Å²) in [5.41, 5.74) is 2.75. The summed E-state index contributed by atoms with van der Waals surface area (Å²) in [5.74, 6) is 0.942. The van der Waals surface area contributed by atoms with Gasteiger partial charge in [-0.1, -0.05) is 28.1 Å². The molecule has 2 fully saturated rings. The fourth-order valence-electron chi connectivity index (χ4n) is 4.01. The molecule has 2 nitrogen and oxygen atoms in total. The Hall–Kier alpha value is -0.380. The molecule has 2 heterocycles. The lowest BCUT2D eigenvalue weighted by molar-refractivity contribution is 0.238. The van der Waals surface area contributed by atoms with Gasteiger partial charge in [0.25, 0.3) is 0 Å². The van der Waals surface area contributed by atoms with Crippen LogP contribution in [0.25, 0.3) is 0 Å². The van der Waals surface area contributed by atoms with E-state index in [1.807, 2.05) is 0 Å². The summed E-state index contributed by atoms with van der Waals surface area (Å²) in [5, 5.41) is 3.74. The fourth-order valence-corrected chi connectivity index (χ4v) is 4.26. The first-order chi connectivity index (χ1) is 10.1. The molecule has 0 spiro atoms.